The number of benzene rings is 6. The van der Waals surface area contributed by atoms with Crippen molar-refractivity contribution in [3.63, 3.8) is 0 Å². The van der Waals surface area contributed by atoms with E-state index in [-0.39, 0.29) is 17.4 Å². The molecule has 0 aromatic heterocycles. The van der Waals surface area contributed by atoms with Crippen LogP contribution in [0.5, 0.6) is 11.5 Å². The molecule has 2 N–H and O–H groups in total. The van der Waals surface area contributed by atoms with Crippen molar-refractivity contribution in [2.24, 2.45) is 0 Å². The Morgan fingerprint density at radius 1 is 0.606 bits per heavy atom. The zero-order chi connectivity index (χ0) is 22.7. The Balaban J connectivity index is 1.55. The van der Waals surface area contributed by atoms with Crippen LogP contribution in [0.3, 0.4) is 0 Å². The predicted molar refractivity (Wildman–Crippen MR) is 138 cm³/mol. The van der Waals surface area contributed by atoms with Crippen molar-refractivity contribution in [3.8, 4) is 22.6 Å². The summed E-state index contributed by atoms with van der Waals surface area (Å²) in [7, 11) is 0. The quantitative estimate of drug-likeness (QED) is 0.279. The first-order valence-electron chi connectivity index (χ1n) is 11.3. The van der Waals surface area contributed by atoms with Gasteiger partial charge >= 0.3 is 0 Å². The van der Waals surface area contributed by atoms with E-state index in [1.807, 2.05) is 31.2 Å². The van der Waals surface area contributed by atoms with Gasteiger partial charge in [-0.05, 0) is 74.6 Å². The van der Waals surface area contributed by atoms with Crippen molar-refractivity contribution in [3.05, 3.63) is 108 Å². The predicted octanol–water partition coefficient (Wildman–Crippen LogP) is 8.12. The van der Waals surface area contributed by atoms with E-state index < -0.39 is 0 Å². The molecule has 0 amide bonds. The summed E-state index contributed by atoms with van der Waals surface area (Å²) in [6.07, 6.45) is 0. The van der Waals surface area contributed by atoms with Crippen LogP contribution < -0.4 is 0 Å². The number of hydrogen-bond acceptors (Lipinski definition) is 2. The van der Waals surface area contributed by atoms with Crippen LogP contribution >= 0.6 is 0 Å². The summed E-state index contributed by atoms with van der Waals surface area (Å²) in [5.41, 5.74) is 4.69. The second-order valence-corrected chi connectivity index (χ2v) is 9.03. The second-order valence-electron chi connectivity index (χ2n) is 9.03. The Labute approximate surface area is 192 Å². The molecule has 0 aliphatic carbocycles. The molecule has 0 fully saturated rings. The Hall–Kier alpha value is -4.04. The van der Waals surface area contributed by atoms with E-state index in [2.05, 4.69) is 61.5 Å². The molecule has 1 atom stereocenters. The average molecular weight is 429 g/mol. The Morgan fingerprint density at radius 3 is 1.97 bits per heavy atom. The lowest BCUT2D eigenvalue weighted by Crippen LogP contribution is -1.99. The van der Waals surface area contributed by atoms with E-state index in [9.17, 15) is 10.2 Å². The molecule has 0 saturated heterocycles. The summed E-state index contributed by atoms with van der Waals surface area (Å²) in [6.45, 7) is 4.19. The molecule has 6 aromatic carbocycles. The third-order valence-corrected chi connectivity index (χ3v) is 6.99. The summed E-state index contributed by atoms with van der Waals surface area (Å²) >= 11 is 0. The molecule has 0 radical (unpaired) electrons. The number of aryl methyl sites for hydroxylation is 1. The molecular formula is C31H24O2. The van der Waals surface area contributed by atoms with E-state index >= 15 is 0 Å². The van der Waals surface area contributed by atoms with Gasteiger partial charge in [0.1, 0.15) is 11.5 Å². The molecule has 33 heavy (non-hydrogen) atoms. The van der Waals surface area contributed by atoms with Crippen LogP contribution in [0.2, 0.25) is 0 Å². The van der Waals surface area contributed by atoms with Gasteiger partial charge in [0.25, 0.3) is 0 Å². The highest BCUT2D eigenvalue weighted by atomic mass is 16.3. The number of hydrogen-bond donors (Lipinski definition) is 2. The van der Waals surface area contributed by atoms with Gasteiger partial charge in [-0.25, -0.2) is 0 Å². The molecule has 0 aliphatic rings. The number of aromatic hydroxyl groups is 2. The monoisotopic (exact) mass is 428 g/mol. The average Bonchev–Trinajstić information content (AvgIpc) is 2.84. The summed E-state index contributed by atoms with van der Waals surface area (Å²) in [6, 6.07) is 31.0. The van der Waals surface area contributed by atoms with Crippen molar-refractivity contribution in [1.29, 1.82) is 0 Å². The molecule has 0 aliphatic heterocycles. The maximum absolute atomic E-state index is 10.6. The van der Waals surface area contributed by atoms with Gasteiger partial charge in [-0.1, -0.05) is 79.2 Å². The fourth-order valence-electron chi connectivity index (χ4n) is 5.22. The molecule has 0 saturated carbocycles. The van der Waals surface area contributed by atoms with E-state index in [1.165, 1.54) is 37.9 Å². The zero-order valence-corrected chi connectivity index (χ0v) is 18.6. The van der Waals surface area contributed by atoms with E-state index in [4.69, 9.17) is 0 Å². The van der Waals surface area contributed by atoms with Gasteiger partial charge in [0.15, 0.2) is 0 Å². The Bertz CT molecular complexity index is 1650. The van der Waals surface area contributed by atoms with Crippen molar-refractivity contribution in [2.45, 2.75) is 19.8 Å². The van der Waals surface area contributed by atoms with Crippen LogP contribution in [-0.4, -0.2) is 10.2 Å². The van der Waals surface area contributed by atoms with Gasteiger partial charge in [-0.2, -0.15) is 0 Å². The number of phenols is 2. The summed E-state index contributed by atoms with van der Waals surface area (Å²) in [5.74, 6) is 0.450. The van der Waals surface area contributed by atoms with Crippen molar-refractivity contribution >= 4 is 32.3 Å². The molecular weight excluding hydrogens is 404 g/mol. The van der Waals surface area contributed by atoms with Crippen LogP contribution in [0, 0.1) is 6.92 Å². The van der Waals surface area contributed by atoms with Crippen molar-refractivity contribution in [2.75, 3.05) is 0 Å². The van der Waals surface area contributed by atoms with Crippen LogP contribution in [0.25, 0.3) is 43.4 Å². The minimum atomic E-state index is 0.112. The molecule has 0 bridgehead atoms. The van der Waals surface area contributed by atoms with Gasteiger partial charge < -0.3 is 10.2 Å². The largest absolute Gasteiger partial charge is 0.507 e. The maximum atomic E-state index is 10.6. The molecule has 2 heteroatoms. The smallest absolute Gasteiger partial charge is 0.123 e. The van der Waals surface area contributed by atoms with Gasteiger partial charge in [0.2, 0.25) is 0 Å². The summed E-state index contributed by atoms with van der Waals surface area (Å²) in [5, 5.41) is 28.7. The van der Waals surface area contributed by atoms with Crippen LogP contribution in [0.1, 0.15) is 29.5 Å². The van der Waals surface area contributed by atoms with E-state index in [1.54, 1.807) is 12.1 Å². The molecule has 0 spiro atoms. The summed E-state index contributed by atoms with van der Waals surface area (Å²) in [4.78, 5) is 0. The highest BCUT2D eigenvalue weighted by Gasteiger charge is 2.18. The fourth-order valence-corrected chi connectivity index (χ4v) is 5.22. The highest BCUT2D eigenvalue weighted by molar-refractivity contribution is 6.23. The molecule has 1 unspecified atom stereocenters. The highest BCUT2D eigenvalue weighted by Crippen LogP contribution is 2.42. The first-order chi connectivity index (χ1) is 16.0. The third-order valence-electron chi connectivity index (χ3n) is 6.99. The van der Waals surface area contributed by atoms with E-state index in [0.29, 0.717) is 11.1 Å². The maximum Gasteiger partial charge on any atom is 0.123 e. The molecule has 160 valence electrons. The SMILES string of the molecule is Cc1ccc(O)c(-c2cc(C(C)c3ccc4ccc5cccc6ccc3c4c56)ccc2O)c1. The van der Waals surface area contributed by atoms with Crippen molar-refractivity contribution in [1.82, 2.24) is 0 Å². The first kappa shape index (κ1) is 19.6. The van der Waals surface area contributed by atoms with Gasteiger partial charge in [-0.3, -0.25) is 0 Å². The first-order valence-corrected chi connectivity index (χ1v) is 11.3. The van der Waals surface area contributed by atoms with Crippen LogP contribution in [-0.2, 0) is 0 Å². The Morgan fingerprint density at radius 2 is 1.21 bits per heavy atom. The normalized spacial score (nSPS) is 12.7. The molecule has 6 rings (SSSR count). The van der Waals surface area contributed by atoms with Crippen LogP contribution in [0.15, 0.2) is 91.0 Å². The Kier molecular flexibility index (Phi) is 4.31. The number of phenolic OH excluding ortho intramolecular Hbond substituents is 2. The topological polar surface area (TPSA) is 40.5 Å². The molecule has 6 aromatic rings. The lowest BCUT2D eigenvalue weighted by atomic mass is 9.84. The standard InChI is InChI=1S/C31H24O2/c1-18-6-14-28(32)26(16-18)27-17-23(11-15-29(27)33)19(2)24-12-9-22-8-7-20-4-3-5-21-10-13-25(24)31(22)30(20)21/h3-17,19,32-33H,1-2H3. The van der Waals surface area contributed by atoms with Gasteiger partial charge in [-0.15, -0.1) is 0 Å². The van der Waals surface area contributed by atoms with Gasteiger partial charge in [0, 0.05) is 17.0 Å². The van der Waals surface area contributed by atoms with Gasteiger partial charge in [0.05, 0.1) is 0 Å². The lowest BCUT2D eigenvalue weighted by Gasteiger charge is -2.20. The zero-order valence-electron chi connectivity index (χ0n) is 18.6. The lowest BCUT2D eigenvalue weighted by molar-refractivity contribution is 0.469. The molecule has 0 heterocycles. The minimum Gasteiger partial charge on any atom is -0.507 e. The number of rotatable bonds is 3. The second kappa shape index (κ2) is 7.25. The third kappa shape index (κ3) is 3.02. The molecule has 2 nitrogen and oxygen atoms in total. The van der Waals surface area contributed by atoms with E-state index in [0.717, 1.165) is 11.1 Å². The van der Waals surface area contributed by atoms with Crippen LogP contribution in [0.4, 0.5) is 0 Å². The van der Waals surface area contributed by atoms with Crippen molar-refractivity contribution < 1.29 is 10.2 Å². The fraction of sp³-hybridized carbons (Fsp3) is 0.0968. The minimum absolute atomic E-state index is 0.112. The summed E-state index contributed by atoms with van der Waals surface area (Å²) < 4.78 is 0.